The topological polar surface area (TPSA) is 66.4 Å². The summed E-state index contributed by atoms with van der Waals surface area (Å²) < 4.78 is 0. The molecule has 1 aromatic heterocycles. The fraction of sp³-hybridized carbons (Fsp3) is 0.125. The number of amides is 1. The molecule has 0 aliphatic heterocycles. The number of aliphatic carboxylic acids is 1. The summed E-state index contributed by atoms with van der Waals surface area (Å²) in [4.78, 5) is 24.2. The molecular formula is C16H15NO3S. The van der Waals surface area contributed by atoms with Crippen molar-refractivity contribution < 1.29 is 14.7 Å². The molecule has 0 fully saturated rings. The lowest BCUT2D eigenvalue weighted by molar-refractivity contribution is -0.131. The first-order valence-electron chi connectivity index (χ1n) is 6.39. The van der Waals surface area contributed by atoms with Crippen LogP contribution in [-0.4, -0.2) is 17.0 Å². The molecule has 0 bridgehead atoms. The van der Waals surface area contributed by atoms with E-state index >= 15 is 0 Å². The highest BCUT2D eigenvalue weighted by Crippen LogP contribution is 2.15. The fourth-order valence-electron chi connectivity index (χ4n) is 1.80. The van der Waals surface area contributed by atoms with E-state index in [0.717, 1.165) is 22.1 Å². The van der Waals surface area contributed by atoms with Gasteiger partial charge in [-0.1, -0.05) is 18.2 Å². The summed E-state index contributed by atoms with van der Waals surface area (Å²) in [6.07, 6.45) is 2.61. The van der Waals surface area contributed by atoms with Gasteiger partial charge in [-0.2, -0.15) is 0 Å². The van der Waals surface area contributed by atoms with Crippen LogP contribution in [0.3, 0.4) is 0 Å². The van der Waals surface area contributed by atoms with Crippen LogP contribution in [0.1, 0.15) is 25.7 Å². The molecule has 0 saturated heterocycles. The average molecular weight is 301 g/mol. The molecule has 0 saturated carbocycles. The zero-order valence-corrected chi connectivity index (χ0v) is 12.3. The van der Waals surface area contributed by atoms with Gasteiger partial charge >= 0.3 is 5.97 Å². The van der Waals surface area contributed by atoms with E-state index in [1.54, 1.807) is 6.07 Å². The van der Waals surface area contributed by atoms with Crippen LogP contribution in [0.15, 0.2) is 42.5 Å². The second-order valence-electron chi connectivity index (χ2n) is 4.51. The molecule has 0 radical (unpaired) electrons. The number of hydrogen-bond donors (Lipinski definition) is 2. The number of rotatable bonds is 5. The molecule has 4 nitrogen and oxygen atoms in total. The Kier molecular flexibility index (Phi) is 4.90. The number of carboxylic acids is 1. The van der Waals surface area contributed by atoms with Crippen molar-refractivity contribution in [1.29, 1.82) is 0 Å². The normalized spacial score (nSPS) is 10.7. The summed E-state index contributed by atoms with van der Waals surface area (Å²) >= 11 is 1.46. The Balaban J connectivity index is 1.98. The minimum absolute atomic E-state index is 0.0976. The molecule has 5 heteroatoms. The third-order valence-electron chi connectivity index (χ3n) is 2.79. The fourth-order valence-corrected chi connectivity index (χ4v) is 2.58. The van der Waals surface area contributed by atoms with Crippen LogP contribution >= 0.6 is 11.3 Å². The van der Waals surface area contributed by atoms with Gasteiger partial charge in [-0.15, -0.1) is 11.3 Å². The van der Waals surface area contributed by atoms with Gasteiger partial charge in [0, 0.05) is 17.5 Å². The monoisotopic (exact) mass is 301 g/mol. The molecule has 108 valence electrons. The summed E-state index contributed by atoms with van der Waals surface area (Å²) in [5.74, 6) is -1.08. The van der Waals surface area contributed by atoms with Gasteiger partial charge in [-0.25, -0.2) is 4.79 Å². The van der Waals surface area contributed by atoms with E-state index in [-0.39, 0.29) is 5.91 Å². The van der Waals surface area contributed by atoms with Crippen LogP contribution in [0.2, 0.25) is 0 Å². The van der Waals surface area contributed by atoms with Crippen LogP contribution in [0.4, 0.5) is 0 Å². The third kappa shape index (κ3) is 4.57. The molecule has 0 atom stereocenters. The Bertz CT molecular complexity index is 688. The van der Waals surface area contributed by atoms with E-state index in [1.807, 2.05) is 37.3 Å². The van der Waals surface area contributed by atoms with Gasteiger partial charge in [0.25, 0.3) is 5.91 Å². The predicted molar refractivity (Wildman–Crippen MR) is 83.3 cm³/mol. The maximum atomic E-state index is 11.9. The SMILES string of the molecule is Cc1ccc(C(=O)NCc2cccc(C=CC(=O)O)c2)s1. The Morgan fingerprint density at radius 3 is 2.76 bits per heavy atom. The van der Waals surface area contributed by atoms with Gasteiger partial charge in [0.15, 0.2) is 0 Å². The number of nitrogens with one attached hydrogen (secondary N) is 1. The lowest BCUT2D eigenvalue weighted by Gasteiger charge is -2.05. The standard InChI is InChI=1S/C16H15NO3S/c1-11-5-7-14(21-11)16(20)17-10-13-4-2-3-12(9-13)6-8-15(18)19/h2-9H,10H2,1H3,(H,17,20)(H,18,19). The highest BCUT2D eigenvalue weighted by atomic mass is 32.1. The third-order valence-corrected chi connectivity index (χ3v) is 3.79. The summed E-state index contributed by atoms with van der Waals surface area (Å²) in [5, 5.41) is 11.5. The smallest absolute Gasteiger partial charge is 0.328 e. The maximum Gasteiger partial charge on any atom is 0.328 e. The lowest BCUT2D eigenvalue weighted by atomic mass is 10.1. The van der Waals surface area contributed by atoms with E-state index < -0.39 is 5.97 Å². The number of carbonyl (C=O) groups is 2. The van der Waals surface area contributed by atoms with Gasteiger partial charge in [0.1, 0.15) is 0 Å². The van der Waals surface area contributed by atoms with E-state index in [0.29, 0.717) is 11.4 Å². The molecular weight excluding hydrogens is 286 g/mol. The Morgan fingerprint density at radius 2 is 2.10 bits per heavy atom. The van der Waals surface area contributed by atoms with E-state index in [1.165, 1.54) is 17.4 Å². The minimum atomic E-state index is -0.984. The molecule has 0 aliphatic carbocycles. The molecule has 0 spiro atoms. The predicted octanol–water partition coefficient (Wildman–Crippen LogP) is 3.08. The number of benzene rings is 1. The molecule has 0 aliphatic rings. The van der Waals surface area contributed by atoms with Crippen LogP contribution < -0.4 is 5.32 Å². The summed E-state index contributed by atoms with van der Waals surface area (Å²) in [5.41, 5.74) is 1.71. The van der Waals surface area contributed by atoms with Crippen LogP contribution in [0.5, 0.6) is 0 Å². The van der Waals surface area contributed by atoms with Crippen molar-refractivity contribution in [2.24, 2.45) is 0 Å². The maximum absolute atomic E-state index is 11.9. The highest BCUT2D eigenvalue weighted by Gasteiger charge is 2.07. The van der Waals surface area contributed by atoms with Gasteiger partial charge in [0.2, 0.25) is 0 Å². The highest BCUT2D eigenvalue weighted by molar-refractivity contribution is 7.13. The number of carboxylic acid groups (broad SMARTS) is 1. The summed E-state index contributed by atoms with van der Waals surface area (Å²) in [6, 6.07) is 11.1. The van der Waals surface area contributed by atoms with Crippen LogP contribution in [-0.2, 0) is 11.3 Å². The molecule has 21 heavy (non-hydrogen) atoms. The minimum Gasteiger partial charge on any atom is -0.478 e. The summed E-state index contributed by atoms with van der Waals surface area (Å²) in [6.45, 7) is 2.37. The van der Waals surface area contributed by atoms with Crippen molar-refractivity contribution >= 4 is 29.3 Å². The van der Waals surface area contributed by atoms with Gasteiger partial charge in [-0.05, 0) is 42.3 Å². The van der Waals surface area contributed by atoms with Crippen LogP contribution in [0.25, 0.3) is 6.08 Å². The van der Waals surface area contributed by atoms with Gasteiger partial charge < -0.3 is 10.4 Å². The quantitative estimate of drug-likeness (QED) is 0.834. The first kappa shape index (κ1) is 15.0. The number of carbonyl (C=O) groups excluding carboxylic acids is 1. The Morgan fingerprint density at radius 1 is 1.29 bits per heavy atom. The van der Waals surface area contributed by atoms with Crippen molar-refractivity contribution in [2.45, 2.75) is 13.5 Å². The van der Waals surface area contributed by atoms with Crippen molar-refractivity contribution in [1.82, 2.24) is 5.32 Å². The number of aryl methyl sites for hydroxylation is 1. The average Bonchev–Trinajstić information content (AvgIpc) is 2.90. The molecule has 0 unspecified atom stereocenters. The van der Waals surface area contributed by atoms with Crippen molar-refractivity contribution in [3.05, 3.63) is 63.4 Å². The number of thiophene rings is 1. The second-order valence-corrected chi connectivity index (χ2v) is 5.80. The van der Waals surface area contributed by atoms with Gasteiger partial charge in [0.05, 0.1) is 4.88 Å². The van der Waals surface area contributed by atoms with E-state index in [9.17, 15) is 9.59 Å². The Hall–Kier alpha value is -2.40. The van der Waals surface area contributed by atoms with Crippen molar-refractivity contribution in [3.63, 3.8) is 0 Å². The van der Waals surface area contributed by atoms with E-state index in [2.05, 4.69) is 5.32 Å². The van der Waals surface area contributed by atoms with Crippen molar-refractivity contribution in [3.8, 4) is 0 Å². The zero-order valence-electron chi connectivity index (χ0n) is 11.5. The summed E-state index contributed by atoms with van der Waals surface area (Å²) in [7, 11) is 0. The largest absolute Gasteiger partial charge is 0.478 e. The van der Waals surface area contributed by atoms with Crippen molar-refractivity contribution in [2.75, 3.05) is 0 Å². The number of hydrogen-bond acceptors (Lipinski definition) is 3. The Labute approximate surface area is 126 Å². The molecule has 1 amide bonds. The van der Waals surface area contributed by atoms with Crippen LogP contribution in [0, 0.1) is 6.92 Å². The molecule has 2 N–H and O–H groups in total. The zero-order chi connectivity index (χ0) is 15.2. The lowest BCUT2D eigenvalue weighted by Crippen LogP contribution is -2.21. The second kappa shape index (κ2) is 6.85. The first-order valence-corrected chi connectivity index (χ1v) is 7.21. The molecule has 1 aromatic carbocycles. The molecule has 2 rings (SSSR count). The first-order chi connectivity index (χ1) is 10.0. The molecule has 1 heterocycles. The van der Waals surface area contributed by atoms with Gasteiger partial charge in [-0.3, -0.25) is 4.79 Å². The molecule has 2 aromatic rings. The van der Waals surface area contributed by atoms with E-state index in [4.69, 9.17) is 5.11 Å².